The molecule has 1 aromatic carbocycles. The van der Waals surface area contributed by atoms with Gasteiger partial charge in [0.1, 0.15) is 5.75 Å². The van der Waals surface area contributed by atoms with Gasteiger partial charge in [0.25, 0.3) is 5.91 Å². The Morgan fingerprint density at radius 1 is 1.38 bits per heavy atom. The number of aryl methyl sites for hydroxylation is 1. The molecule has 2 heterocycles. The first-order valence-electron chi connectivity index (χ1n) is 7.55. The second kappa shape index (κ2) is 7.27. The van der Waals surface area contributed by atoms with Crippen LogP contribution in [0.25, 0.3) is 10.7 Å². The number of carbonyl (C=O) groups is 1. The molecule has 0 saturated heterocycles. The fourth-order valence-electron chi connectivity index (χ4n) is 2.20. The molecule has 2 aromatic heterocycles. The normalized spacial score (nSPS) is 10.6. The molecule has 0 atom stereocenters. The van der Waals surface area contributed by atoms with Gasteiger partial charge in [0, 0.05) is 5.56 Å². The smallest absolute Gasteiger partial charge is 0.251 e. The highest BCUT2D eigenvalue weighted by atomic mass is 32.1. The van der Waals surface area contributed by atoms with E-state index in [-0.39, 0.29) is 12.5 Å². The van der Waals surface area contributed by atoms with Crippen molar-refractivity contribution in [1.29, 1.82) is 0 Å². The molecule has 3 aromatic rings. The third-order valence-electron chi connectivity index (χ3n) is 3.35. The van der Waals surface area contributed by atoms with Crippen LogP contribution in [0.3, 0.4) is 0 Å². The molecule has 0 unspecified atom stereocenters. The quantitative estimate of drug-likeness (QED) is 0.742. The fourth-order valence-corrected chi connectivity index (χ4v) is 2.85. The van der Waals surface area contributed by atoms with Crippen molar-refractivity contribution in [3.63, 3.8) is 0 Å². The number of ether oxygens (including phenoxy) is 1. The maximum absolute atomic E-state index is 12.2. The van der Waals surface area contributed by atoms with Crippen LogP contribution in [0, 0.1) is 6.92 Å². The van der Waals surface area contributed by atoms with Gasteiger partial charge in [-0.1, -0.05) is 11.2 Å². The van der Waals surface area contributed by atoms with Gasteiger partial charge in [0.15, 0.2) is 0 Å². The zero-order valence-corrected chi connectivity index (χ0v) is 14.2. The van der Waals surface area contributed by atoms with Gasteiger partial charge >= 0.3 is 0 Å². The first-order chi connectivity index (χ1) is 11.7. The first-order valence-corrected chi connectivity index (χ1v) is 8.43. The molecule has 124 valence electrons. The average Bonchev–Trinajstić information content (AvgIpc) is 3.25. The van der Waals surface area contributed by atoms with Crippen molar-refractivity contribution >= 4 is 17.2 Å². The second-order valence-electron chi connectivity index (χ2n) is 5.08. The minimum Gasteiger partial charge on any atom is -0.494 e. The van der Waals surface area contributed by atoms with Crippen LogP contribution in [0.2, 0.25) is 0 Å². The molecule has 6 nitrogen and oxygen atoms in total. The Labute approximate surface area is 143 Å². The van der Waals surface area contributed by atoms with Crippen LogP contribution in [0.5, 0.6) is 5.75 Å². The van der Waals surface area contributed by atoms with Crippen molar-refractivity contribution in [2.75, 3.05) is 6.61 Å². The van der Waals surface area contributed by atoms with E-state index in [1.807, 2.05) is 31.4 Å². The number of amides is 1. The van der Waals surface area contributed by atoms with Gasteiger partial charge in [-0.3, -0.25) is 4.79 Å². The van der Waals surface area contributed by atoms with Crippen LogP contribution in [0.1, 0.15) is 28.7 Å². The summed E-state index contributed by atoms with van der Waals surface area (Å²) in [4.78, 5) is 17.4. The van der Waals surface area contributed by atoms with E-state index in [4.69, 9.17) is 9.26 Å². The van der Waals surface area contributed by atoms with Crippen LogP contribution in [-0.4, -0.2) is 22.7 Å². The Hall–Kier alpha value is -2.67. The average molecular weight is 343 g/mol. The molecule has 0 aliphatic carbocycles. The number of benzene rings is 1. The molecule has 1 amide bonds. The largest absolute Gasteiger partial charge is 0.494 e. The standard InChI is InChI=1S/C17H17N3O3S/c1-3-22-13-7-6-12(9-11(13)2)17(21)18-10-15-19-16(20-23-15)14-5-4-8-24-14/h4-9H,3,10H2,1-2H3,(H,18,21). The van der Waals surface area contributed by atoms with Gasteiger partial charge in [0.2, 0.25) is 11.7 Å². The lowest BCUT2D eigenvalue weighted by Gasteiger charge is -2.08. The Bertz CT molecular complexity index is 827. The minimum absolute atomic E-state index is 0.184. The molecule has 0 saturated carbocycles. The van der Waals surface area contributed by atoms with Gasteiger partial charge in [-0.2, -0.15) is 4.98 Å². The Morgan fingerprint density at radius 3 is 2.96 bits per heavy atom. The van der Waals surface area contributed by atoms with Crippen LogP contribution < -0.4 is 10.1 Å². The molecule has 1 N–H and O–H groups in total. The van der Waals surface area contributed by atoms with Gasteiger partial charge < -0.3 is 14.6 Å². The number of nitrogens with one attached hydrogen (secondary N) is 1. The van der Waals surface area contributed by atoms with E-state index in [9.17, 15) is 4.79 Å². The zero-order chi connectivity index (χ0) is 16.9. The molecule has 3 rings (SSSR count). The Kier molecular flexibility index (Phi) is 4.90. The number of aromatic nitrogens is 2. The number of nitrogens with zero attached hydrogens (tertiary/aromatic N) is 2. The lowest BCUT2D eigenvalue weighted by atomic mass is 10.1. The molecule has 0 aliphatic rings. The summed E-state index contributed by atoms with van der Waals surface area (Å²) in [6, 6.07) is 9.17. The number of carbonyl (C=O) groups excluding carboxylic acids is 1. The summed E-state index contributed by atoms with van der Waals surface area (Å²) in [7, 11) is 0. The number of rotatable bonds is 6. The molecule has 0 bridgehead atoms. The Morgan fingerprint density at radius 2 is 2.25 bits per heavy atom. The van der Waals surface area contributed by atoms with Crippen molar-refractivity contribution in [2.45, 2.75) is 20.4 Å². The van der Waals surface area contributed by atoms with E-state index in [0.717, 1.165) is 16.2 Å². The molecular formula is C17H17N3O3S. The second-order valence-corrected chi connectivity index (χ2v) is 6.03. The van der Waals surface area contributed by atoms with Gasteiger partial charge in [-0.05, 0) is 49.1 Å². The Balaban J connectivity index is 1.62. The van der Waals surface area contributed by atoms with E-state index >= 15 is 0 Å². The molecule has 24 heavy (non-hydrogen) atoms. The highest BCUT2D eigenvalue weighted by molar-refractivity contribution is 7.13. The summed E-state index contributed by atoms with van der Waals surface area (Å²) in [6.07, 6.45) is 0. The molecule has 7 heteroatoms. The maximum atomic E-state index is 12.2. The maximum Gasteiger partial charge on any atom is 0.251 e. The van der Waals surface area contributed by atoms with Crippen LogP contribution in [0.4, 0.5) is 0 Å². The molecule has 0 aliphatic heterocycles. The highest BCUT2D eigenvalue weighted by Gasteiger charge is 2.12. The van der Waals surface area contributed by atoms with E-state index in [2.05, 4.69) is 15.5 Å². The lowest BCUT2D eigenvalue weighted by molar-refractivity contribution is 0.0946. The van der Waals surface area contributed by atoms with Crippen LogP contribution in [-0.2, 0) is 6.54 Å². The lowest BCUT2D eigenvalue weighted by Crippen LogP contribution is -2.23. The van der Waals surface area contributed by atoms with Crippen molar-refractivity contribution in [3.8, 4) is 16.5 Å². The molecule has 0 spiro atoms. The zero-order valence-electron chi connectivity index (χ0n) is 13.4. The highest BCUT2D eigenvalue weighted by Crippen LogP contribution is 2.21. The fraction of sp³-hybridized carbons (Fsp3) is 0.235. The van der Waals surface area contributed by atoms with Crippen LogP contribution in [0.15, 0.2) is 40.2 Å². The monoisotopic (exact) mass is 343 g/mol. The molecule has 0 fully saturated rings. The van der Waals surface area contributed by atoms with E-state index in [1.54, 1.807) is 18.2 Å². The van der Waals surface area contributed by atoms with Crippen molar-refractivity contribution in [3.05, 3.63) is 52.7 Å². The minimum atomic E-state index is -0.197. The van der Waals surface area contributed by atoms with Gasteiger partial charge in [-0.15, -0.1) is 11.3 Å². The summed E-state index contributed by atoms with van der Waals surface area (Å²) in [5.41, 5.74) is 1.48. The van der Waals surface area contributed by atoms with Gasteiger partial charge in [0.05, 0.1) is 18.0 Å². The van der Waals surface area contributed by atoms with Crippen molar-refractivity contribution in [2.24, 2.45) is 0 Å². The van der Waals surface area contributed by atoms with Crippen LogP contribution >= 0.6 is 11.3 Å². The summed E-state index contributed by atoms with van der Waals surface area (Å²) >= 11 is 1.53. The summed E-state index contributed by atoms with van der Waals surface area (Å²) in [5.74, 6) is 1.49. The topological polar surface area (TPSA) is 77.2 Å². The predicted octanol–water partition coefficient (Wildman–Crippen LogP) is 3.44. The summed E-state index contributed by atoms with van der Waals surface area (Å²) in [6.45, 7) is 4.61. The number of hydrogen-bond donors (Lipinski definition) is 1. The van der Waals surface area contributed by atoms with E-state index in [0.29, 0.717) is 23.9 Å². The third kappa shape index (κ3) is 3.62. The SMILES string of the molecule is CCOc1ccc(C(=O)NCc2nc(-c3cccs3)no2)cc1C. The summed E-state index contributed by atoms with van der Waals surface area (Å²) < 4.78 is 10.6. The van der Waals surface area contributed by atoms with Crippen molar-refractivity contribution < 1.29 is 14.1 Å². The number of thiophene rings is 1. The van der Waals surface area contributed by atoms with E-state index in [1.165, 1.54) is 11.3 Å². The van der Waals surface area contributed by atoms with Crippen molar-refractivity contribution in [1.82, 2.24) is 15.5 Å². The molecule has 0 radical (unpaired) electrons. The third-order valence-corrected chi connectivity index (χ3v) is 4.21. The molecular weight excluding hydrogens is 326 g/mol. The van der Waals surface area contributed by atoms with Gasteiger partial charge in [-0.25, -0.2) is 0 Å². The number of hydrogen-bond acceptors (Lipinski definition) is 6. The predicted molar refractivity (Wildman–Crippen MR) is 91.1 cm³/mol. The first kappa shape index (κ1) is 16.2. The van der Waals surface area contributed by atoms with E-state index < -0.39 is 0 Å². The summed E-state index contributed by atoms with van der Waals surface area (Å²) in [5, 5.41) is 8.64.